The first-order chi connectivity index (χ1) is 13.5. The summed E-state index contributed by atoms with van der Waals surface area (Å²) in [5.74, 6) is 0.542. The number of halogens is 2. The molecule has 3 aromatic carbocycles. The Kier molecular flexibility index (Phi) is 5.12. The van der Waals surface area contributed by atoms with Crippen LogP contribution in [-0.4, -0.2) is 0 Å². The third kappa shape index (κ3) is 3.77. The van der Waals surface area contributed by atoms with Crippen molar-refractivity contribution in [3.05, 3.63) is 98.1 Å². The lowest BCUT2D eigenvalue weighted by Gasteiger charge is -2.12. The molecule has 0 aliphatic rings. The summed E-state index contributed by atoms with van der Waals surface area (Å²) in [7, 11) is 0. The highest BCUT2D eigenvalue weighted by atomic mass is 35.5. The second kappa shape index (κ2) is 7.70. The van der Waals surface area contributed by atoms with Crippen molar-refractivity contribution in [2.45, 2.75) is 13.5 Å². The van der Waals surface area contributed by atoms with Crippen molar-refractivity contribution in [1.29, 1.82) is 0 Å². The van der Waals surface area contributed by atoms with E-state index in [-0.39, 0.29) is 17.8 Å². The maximum absolute atomic E-state index is 13.2. The first-order valence-corrected chi connectivity index (χ1v) is 9.47. The van der Waals surface area contributed by atoms with Crippen molar-refractivity contribution in [2.75, 3.05) is 0 Å². The SMILES string of the molecule is Cc1ccc(-c2oc3ccc(Cl)cc3c(=O)c2OCc2cccc(Cl)c2)cc1. The van der Waals surface area contributed by atoms with Crippen LogP contribution in [0.2, 0.25) is 10.0 Å². The van der Waals surface area contributed by atoms with Crippen molar-refractivity contribution in [3.8, 4) is 17.1 Å². The molecule has 5 heteroatoms. The Hall–Kier alpha value is -2.75. The van der Waals surface area contributed by atoms with E-state index in [1.54, 1.807) is 30.3 Å². The van der Waals surface area contributed by atoms with Gasteiger partial charge >= 0.3 is 0 Å². The minimum absolute atomic E-state index is 0.151. The van der Waals surface area contributed by atoms with Crippen LogP contribution in [0.25, 0.3) is 22.3 Å². The van der Waals surface area contributed by atoms with Gasteiger partial charge in [0.2, 0.25) is 11.2 Å². The monoisotopic (exact) mass is 410 g/mol. The minimum Gasteiger partial charge on any atom is -0.481 e. The fourth-order valence-electron chi connectivity index (χ4n) is 2.96. The van der Waals surface area contributed by atoms with Gasteiger partial charge in [0.15, 0.2) is 5.76 Å². The molecule has 0 unspecified atom stereocenters. The lowest BCUT2D eigenvalue weighted by atomic mass is 10.1. The van der Waals surface area contributed by atoms with Crippen LogP contribution in [0.4, 0.5) is 0 Å². The summed E-state index contributed by atoms with van der Waals surface area (Å²) in [6.45, 7) is 2.19. The average molecular weight is 411 g/mol. The number of hydrogen-bond donors (Lipinski definition) is 0. The van der Waals surface area contributed by atoms with E-state index in [2.05, 4.69) is 0 Å². The van der Waals surface area contributed by atoms with Crippen LogP contribution in [0.15, 0.2) is 75.9 Å². The molecule has 0 N–H and O–H groups in total. The molecule has 0 bridgehead atoms. The zero-order valence-corrected chi connectivity index (χ0v) is 16.6. The predicted octanol–water partition coefficient (Wildman–Crippen LogP) is 6.65. The Labute approximate surface area is 172 Å². The van der Waals surface area contributed by atoms with Gasteiger partial charge in [-0.3, -0.25) is 4.79 Å². The molecule has 3 nitrogen and oxygen atoms in total. The van der Waals surface area contributed by atoms with Crippen LogP contribution in [0.3, 0.4) is 0 Å². The number of rotatable bonds is 4. The van der Waals surface area contributed by atoms with Crippen molar-refractivity contribution < 1.29 is 9.15 Å². The van der Waals surface area contributed by atoms with Crippen LogP contribution < -0.4 is 10.2 Å². The van der Waals surface area contributed by atoms with E-state index in [4.69, 9.17) is 32.4 Å². The highest BCUT2D eigenvalue weighted by Crippen LogP contribution is 2.32. The van der Waals surface area contributed by atoms with Crippen molar-refractivity contribution in [1.82, 2.24) is 0 Å². The van der Waals surface area contributed by atoms with Crippen molar-refractivity contribution in [2.24, 2.45) is 0 Å². The summed E-state index contributed by atoms with van der Waals surface area (Å²) in [5.41, 5.74) is 2.93. The van der Waals surface area contributed by atoms with Gasteiger partial charge < -0.3 is 9.15 Å². The van der Waals surface area contributed by atoms with Crippen LogP contribution in [0.1, 0.15) is 11.1 Å². The average Bonchev–Trinajstić information content (AvgIpc) is 2.68. The standard InChI is InChI=1S/C23H16Cl2O3/c1-14-5-7-16(8-6-14)22-23(27-13-15-3-2-4-17(24)11-15)21(26)19-12-18(25)9-10-20(19)28-22/h2-12H,13H2,1H3. The maximum Gasteiger partial charge on any atom is 0.235 e. The molecule has 0 fully saturated rings. The highest BCUT2D eigenvalue weighted by Gasteiger charge is 2.18. The van der Waals surface area contributed by atoms with E-state index in [0.717, 1.165) is 16.7 Å². The number of ether oxygens (including phenoxy) is 1. The topological polar surface area (TPSA) is 39.4 Å². The van der Waals surface area contributed by atoms with Gasteiger partial charge in [-0.25, -0.2) is 0 Å². The summed E-state index contributed by atoms with van der Waals surface area (Å²) in [6, 6.07) is 20.0. The van der Waals surface area contributed by atoms with E-state index in [9.17, 15) is 4.79 Å². The quantitative estimate of drug-likeness (QED) is 0.377. The number of fused-ring (bicyclic) bond motifs is 1. The minimum atomic E-state index is -0.263. The predicted molar refractivity (Wildman–Crippen MR) is 113 cm³/mol. The molecule has 0 saturated heterocycles. The number of hydrogen-bond acceptors (Lipinski definition) is 3. The zero-order chi connectivity index (χ0) is 19.7. The molecule has 1 heterocycles. The molecular weight excluding hydrogens is 395 g/mol. The molecule has 0 aliphatic carbocycles. The third-order valence-corrected chi connectivity index (χ3v) is 4.87. The third-order valence-electron chi connectivity index (χ3n) is 4.40. The Balaban J connectivity index is 1.85. The zero-order valence-electron chi connectivity index (χ0n) is 15.0. The second-order valence-electron chi connectivity index (χ2n) is 6.51. The van der Waals surface area contributed by atoms with Gasteiger partial charge in [-0.2, -0.15) is 0 Å². The molecule has 28 heavy (non-hydrogen) atoms. The molecule has 0 spiro atoms. The van der Waals surface area contributed by atoms with Gasteiger partial charge in [0.25, 0.3) is 0 Å². The second-order valence-corrected chi connectivity index (χ2v) is 7.39. The van der Waals surface area contributed by atoms with E-state index in [1.807, 2.05) is 43.3 Å². The van der Waals surface area contributed by atoms with E-state index in [0.29, 0.717) is 26.8 Å². The van der Waals surface area contributed by atoms with Gasteiger partial charge in [0.05, 0.1) is 5.39 Å². The molecule has 140 valence electrons. The van der Waals surface area contributed by atoms with Gasteiger partial charge in [-0.15, -0.1) is 0 Å². The molecule has 0 saturated carbocycles. The normalized spacial score (nSPS) is 11.0. The van der Waals surface area contributed by atoms with Crippen molar-refractivity contribution >= 4 is 34.2 Å². The van der Waals surface area contributed by atoms with E-state index < -0.39 is 0 Å². The van der Waals surface area contributed by atoms with Crippen LogP contribution >= 0.6 is 23.2 Å². The molecule has 1 aromatic heterocycles. The molecule has 0 radical (unpaired) electrons. The molecule has 4 aromatic rings. The number of benzene rings is 3. The lowest BCUT2D eigenvalue weighted by Crippen LogP contribution is -2.10. The Morgan fingerprint density at radius 3 is 2.43 bits per heavy atom. The summed E-state index contributed by atoms with van der Waals surface area (Å²) in [4.78, 5) is 13.2. The van der Waals surface area contributed by atoms with Gasteiger partial charge in [-0.05, 0) is 42.8 Å². The highest BCUT2D eigenvalue weighted by molar-refractivity contribution is 6.31. The van der Waals surface area contributed by atoms with E-state index in [1.165, 1.54) is 0 Å². The van der Waals surface area contributed by atoms with Crippen LogP contribution in [0, 0.1) is 6.92 Å². The number of aryl methyl sites for hydroxylation is 1. The Bertz CT molecular complexity index is 1210. The van der Waals surface area contributed by atoms with Crippen LogP contribution in [0.5, 0.6) is 5.75 Å². The maximum atomic E-state index is 13.2. The van der Waals surface area contributed by atoms with E-state index >= 15 is 0 Å². The summed E-state index contributed by atoms with van der Waals surface area (Å²) >= 11 is 12.1. The van der Waals surface area contributed by atoms with Crippen LogP contribution in [-0.2, 0) is 6.61 Å². The molecule has 0 aliphatic heterocycles. The fourth-order valence-corrected chi connectivity index (χ4v) is 3.34. The molecule has 0 amide bonds. The molecule has 4 rings (SSSR count). The summed E-state index contributed by atoms with van der Waals surface area (Å²) in [5, 5.41) is 1.45. The first kappa shape index (κ1) is 18.6. The van der Waals surface area contributed by atoms with Crippen molar-refractivity contribution in [3.63, 3.8) is 0 Å². The summed E-state index contributed by atoms with van der Waals surface area (Å²) in [6.07, 6.45) is 0. The molecular formula is C23H16Cl2O3. The lowest BCUT2D eigenvalue weighted by molar-refractivity contribution is 0.298. The first-order valence-electron chi connectivity index (χ1n) is 8.72. The van der Waals surface area contributed by atoms with Gasteiger partial charge in [-0.1, -0.05) is 65.2 Å². The largest absolute Gasteiger partial charge is 0.481 e. The molecule has 0 atom stereocenters. The Morgan fingerprint density at radius 2 is 1.68 bits per heavy atom. The van der Waals surface area contributed by atoms with Gasteiger partial charge in [0, 0.05) is 15.6 Å². The van der Waals surface area contributed by atoms with Gasteiger partial charge in [0.1, 0.15) is 12.2 Å². The Morgan fingerprint density at radius 1 is 0.929 bits per heavy atom. The summed E-state index contributed by atoms with van der Waals surface area (Å²) < 4.78 is 12.0. The fraction of sp³-hybridized carbons (Fsp3) is 0.0870. The smallest absolute Gasteiger partial charge is 0.235 e.